The average Bonchev–Trinajstić information content (AvgIpc) is 2.64. The van der Waals surface area contributed by atoms with Crippen LogP contribution in [0.1, 0.15) is 25.3 Å². The van der Waals surface area contributed by atoms with Crippen LogP contribution < -0.4 is 5.73 Å². The molecule has 0 atom stereocenters. The maximum Gasteiger partial charge on any atom is 0.0337 e. The van der Waals surface area contributed by atoms with Crippen LogP contribution in [0.4, 0.5) is 0 Å². The first-order valence-electron chi connectivity index (χ1n) is 5.59. The Kier molecular flexibility index (Phi) is 3.14. The lowest BCUT2D eigenvalue weighted by atomic mass is 9.68. The molecule has 0 aliphatic heterocycles. The number of nitrogens with two attached hydrogens (primary N) is 1. The predicted molar refractivity (Wildman–Crippen MR) is 66.0 cm³/mol. The van der Waals surface area contributed by atoms with Crippen LogP contribution >= 0.6 is 11.3 Å². The van der Waals surface area contributed by atoms with Crippen LogP contribution in [0.3, 0.4) is 0 Å². The smallest absolute Gasteiger partial charge is 0.0337 e. The van der Waals surface area contributed by atoms with Crippen molar-refractivity contribution in [3.8, 4) is 0 Å². The van der Waals surface area contributed by atoms with Crippen molar-refractivity contribution in [2.75, 3.05) is 13.6 Å². The number of nitrogens with zero attached hydrogens (tertiary/aromatic N) is 1. The minimum absolute atomic E-state index is 0.279. The van der Waals surface area contributed by atoms with Gasteiger partial charge in [0.15, 0.2) is 0 Å². The summed E-state index contributed by atoms with van der Waals surface area (Å²) in [7, 11) is 2.20. The van der Waals surface area contributed by atoms with E-state index in [0.29, 0.717) is 0 Å². The van der Waals surface area contributed by atoms with Gasteiger partial charge in [-0.25, -0.2) is 0 Å². The summed E-state index contributed by atoms with van der Waals surface area (Å²) in [4.78, 5) is 2.44. The van der Waals surface area contributed by atoms with Gasteiger partial charge in [-0.1, -0.05) is 6.92 Å². The van der Waals surface area contributed by atoms with E-state index >= 15 is 0 Å². The van der Waals surface area contributed by atoms with Gasteiger partial charge in [0.1, 0.15) is 0 Å². The highest BCUT2D eigenvalue weighted by molar-refractivity contribution is 7.07. The molecule has 1 aliphatic carbocycles. The molecule has 0 radical (unpaired) electrons. The molecule has 3 heteroatoms. The fraction of sp³-hybridized carbons (Fsp3) is 0.667. The molecule has 0 aromatic carbocycles. The van der Waals surface area contributed by atoms with Crippen molar-refractivity contribution in [1.29, 1.82) is 0 Å². The molecule has 1 aromatic heterocycles. The molecule has 2 N–H and O–H groups in total. The van der Waals surface area contributed by atoms with Crippen molar-refractivity contribution in [2.45, 2.75) is 31.8 Å². The molecule has 15 heavy (non-hydrogen) atoms. The second kappa shape index (κ2) is 4.24. The summed E-state index contributed by atoms with van der Waals surface area (Å²) in [6, 6.07) is 2.20. The summed E-state index contributed by atoms with van der Waals surface area (Å²) >= 11 is 1.77. The Morgan fingerprint density at radius 3 is 2.80 bits per heavy atom. The highest BCUT2D eigenvalue weighted by atomic mass is 32.1. The second-order valence-corrected chi connectivity index (χ2v) is 5.71. The van der Waals surface area contributed by atoms with Crippen LogP contribution in [-0.2, 0) is 6.54 Å². The molecule has 1 aliphatic rings. The zero-order valence-corrected chi connectivity index (χ0v) is 10.4. The second-order valence-electron chi connectivity index (χ2n) is 4.93. The Balaban J connectivity index is 1.98. The standard InChI is InChI=1S/C12H20N2S/c1-10-5-12(6-10,9-13)14(2)7-11-3-4-15-8-11/h3-4,8,10H,5-7,9,13H2,1-2H3. The highest BCUT2D eigenvalue weighted by Crippen LogP contribution is 2.41. The minimum atomic E-state index is 0.279. The Morgan fingerprint density at radius 2 is 2.33 bits per heavy atom. The van der Waals surface area contributed by atoms with Crippen molar-refractivity contribution in [2.24, 2.45) is 11.7 Å². The molecule has 2 rings (SSSR count). The SMILES string of the molecule is CC1CC(CN)(N(C)Cc2ccsc2)C1. The van der Waals surface area contributed by atoms with Crippen LogP contribution in [0, 0.1) is 5.92 Å². The Morgan fingerprint density at radius 1 is 1.60 bits per heavy atom. The quantitative estimate of drug-likeness (QED) is 0.850. The van der Waals surface area contributed by atoms with E-state index in [1.54, 1.807) is 11.3 Å². The molecule has 0 unspecified atom stereocenters. The highest BCUT2D eigenvalue weighted by Gasteiger charge is 2.43. The van der Waals surface area contributed by atoms with Gasteiger partial charge in [0.2, 0.25) is 0 Å². The molecule has 1 aromatic rings. The van der Waals surface area contributed by atoms with Gasteiger partial charge in [-0.05, 0) is 48.2 Å². The summed E-state index contributed by atoms with van der Waals surface area (Å²) < 4.78 is 0. The summed E-state index contributed by atoms with van der Waals surface area (Å²) in [5.41, 5.74) is 7.61. The molecule has 84 valence electrons. The fourth-order valence-corrected chi connectivity index (χ4v) is 3.36. The molecule has 1 fully saturated rings. The molecule has 0 bridgehead atoms. The zero-order chi connectivity index (χ0) is 10.9. The van der Waals surface area contributed by atoms with E-state index in [-0.39, 0.29) is 5.54 Å². The molecule has 0 spiro atoms. The van der Waals surface area contributed by atoms with E-state index in [2.05, 4.69) is 35.7 Å². The van der Waals surface area contributed by atoms with Crippen molar-refractivity contribution >= 4 is 11.3 Å². The number of hydrogen-bond donors (Lipinski definition) is 1. The van der Waals surface area contributed by atoms with Gasteiger partial charge in [-0.15, -0.1) is 0 Å². The largest absolute Gasteiger partial charge is 0.329 e. The third-order valence-corrected chi connectivity index (χ3v) is 4.38. The van der Waals surface area contributed by atoms with Crippen molar-refractivity contribution in [3.63, 3.8) is 0 Å². The zero-order valence-electron chi connectivity index (χ0n) is 9.57. The van der Waals surface area contributed by atoms with Crippen LogP contribution in [-0.4, -0.2) is 24.0 Å². The third-order valence-electron chi connectivity index (χ3n) is 3.65. The van der Waals surface area contributed by atoms with Crippen molar-refractivity contribution < 1.29 is 0 Å². The Bertz CT molecular complexity index is 301. The average molecular weight is 224 g/mol. The van der Waals surface area contributed by atoms with Gasteiger partial charge in [-0.3, -0.25) is 4.90 Å². The van der Waals surface area contributed by atoms with Crippen LogP contribution in [0.25, 0.3) is 0 Å². The monoisotopic (exact) mass is 224 g/mol. The van der Waals surface area contributed by atoms with Gasteiger partial charge < -0.3 is 5.73 Å². The first-order chi connectivity index (χ1) is 7.16. The normalized spacial score (nSPS) is 30.5. The first-order valence-corrected chi connectivity index (χ1v) is 6.53. The third kappa shape index (κ3) is 2.10. The number of thiophene rings is 1. The lowest BCUT2D eigenvalue weighted by Gasteiger charge is -2.52. The molecular formula is C12H20N2S. The van der Waals surface area contributed by atoms with E-state index in [1.807, 2.05) is 0 Å². The summed E-state index contributed by atoms with van der Waals surface area (Å²) in [6.07, 6.45) is 2.51. The Labute approximate surface area is 96.1 Å². The van der Waals surface area contributed by atoms with E-state index in [0.717, 1.165) is 19.0 Å². The van der Waals surface area contributed by atoms with E-state index in [9.17, 15) is 0 Å². The van der Waals surface area contributed by atoms with Crippen molar-refractivity contribution in [1.82, 2.24) is 4.90 Å². The predicted octanol–water partition coefficient (Wildman–Crippen LogP) is 2.31. The molecule has 1 heterocycles. The molecule has 2 nitrogen and oxygen atoms in total. The minimum Gasteiger partial charge on any atom is -0.329 e. The summed E-state index contributed by atoms with van der Waals surface area (Å²) in [5, 5.41) is 4.37. The van der Waals surface area contributed by atoms with Crippen molar-refractivity contribution in [3.05, 3.63) is 22.4 Å². The van der Waals surface area contributed by atoms with Gasteiger partial charge in [0.05, 0.1) is 0 Å². The number of rotatable bonds is 4. The molecular weight excluding hydrogens is 204 g/mol. The van der Waals surface area contributed by atoms with E-state index < -0.39 is 0 Å². The first kappa shape index (κ1) is 11.1. The summed E-state index contributed by atoms with van der Waals surface area (Å²) in [5.74, 6) is 0.846. The van der Waals surface area contributed by atoms with Gasteiger partial charge in [0.25, 0.3) is 0 Å². The number of hydrogen-bond acceptors (Lipinski definition) is 3. The van der Waals surface area contributed by atoms with Gasteiger partial charge >= 0.3 is 0 Å². The van der Waals surface area contributed by atoms with Crippen LogP contribution in [0.5, 0.6) is 0 Å². The summed E-state index contributed by atoms with van der Waals surface area (Å²) in [6.45, 7) is 4.14. The Hall–Kier alpha value is -0.380. The van der Waals surface area contributed by atoms with E-state index in [1.165, 1.54) is 18.4 Å². The topological polar surface area (TPSA) is 29.3 Å². The fourth-order valence-electron chi connectivity index (χ4n) is 2.70. The van der Waals surface area contributed by atoms with Crippen LogP contribution in [0.2, 0.25) is 0 Å². The van der Waals surface area contributed by atoms with Gasteiger partial charge in [0, 0.05) is 18.6 Å². The van der Waals surface area contributed by atoms with Crippen LogP contribution in [0.15, 0.2) is 16.8 Å². The molecule has 1 saturated carbocycles. The molecule has 0 saturated heterocycles. The maximum atomic E-state index is 5.92. The lowest BCUT2D eigenvalue weighted by molar-refractivity contribution is 0.000352. The lowest BCUT2D eigenvalue weighted by Crippen LogP contribution is -2.59. The van der Waals surface area contributed by atoms with Gasteiger partial charge in [-0.2, -0.15) is 11.3 Å². The molecule has 0 amide bonds. The number of likely N-dealkylation sites (N-methyl/N-ethyl adjacent to an activating group) is 1. The van der Waals surface area contributed by atoms with E-state index in [4.69, 9.17) is 5.73 Å². The maximum absolute atomic E-state index is 5.92.